The zero-order chi connectivity index (χ0) is 12.2. The minimum atomic E-state index is 0.524. The molecule has 0 amide bonds. The van der Waals surface area contributed by atoms with Crippen molar-refractivity contribution in [1.29, 1.82) is 0 Å². The normalized spacial score (nSPS) is 17.1. The van der Waals surface area contributed by atoms with Crippen LogP contribution >= 0.6 is 0 Å². The molecule has 16 heavy (non-hydrogen) atoms. The van der Waals surface area contributed by atoms with Crippen LogP contribution in [0.2, 0.25) is 0 Å². The fourth-order valence-corrected chi connectivity index (χ4v) is 1.74. The van der Waals surface area contributed by atoms with Crippen LogP contribution in [0.15, 0.2) is 0 Å². The Balaban J connectivity index is 0.00000106. The Hall–Kier alpha value is -0.120. The van der Waals surface area contributed by atoms with Crippen molar-refractivity contribution < 1.29 is 4.74 Å². The van der Waals surface area contributed by atoms with E-state index in [1.165, 1.54) is 32.2 Å². The Morgan fingerprint density at radius 2 is 1.75 bits per heavy atom. The van der Waals surface area contributed by atoms with Gasteiger partial charge in [0.25, 0.3) is 0 Å². The molecule has 1 rings (SSSR count). The van der Waals surface area contributed by atoms with Gasteiger partial charge in [-0.1, -0.05) is 13.8 Å². The van der Waals surface area contributed by atoms with Gasteiger partial charge >= 0.3 is 0 Å². The van der Waals surface area contributed by atoms with E-state index in [2.05, 4.69) is 24.3 Å². The van der Waals surface area contributed by atoms with E-state index >= 15 is 0 Å². The molecule has 0 aliphatic carbocycles. The van der Waals surface area contributed by atoms with Gasteiger partial charge in [0, 0.05) is 6.61 Å². The molecular weight excluding hydrogens is 200 g/mol. The summed E-state index contributed by atoms with van der Waals surface area (Å²) in [5.41, 5.74) is 0. The van der Waals surface area contributed by atoms with Gasteiger partial charge in [0.05, 0.1) is 6.10 Å². The maximum Gasteiger partial charge on any atom is 0.0599 e. The van der Waals surface area contributed by atoms with Crippen LogP contribution in [0.3, 0.4) is 0 Å². The SMILES string of the molecule is CC.CN(C)CCCCOC1CCNCC1. The van der Waals surface area contributed by atoms with E-state index in [9.17, 15) is 0 Å². The van der Waals surface area contributed by atoms with Gasteiger partial charge in [-0.3, -0.25) is 0 Å². The summed E-state index contributed by atoms with van der Waals surface area (Å²) in [6.45, 7) is 8.37. The molecule has 1 aliphatic heterocycles. The smallest absolute Gasteiger partial charge is 0.0599 e. The number of ether oxygens (including phenoxy) is 1. The van der Waals surface area contributed by atoms with Crippen LogP contribution in [0, 0.1) is 0 Å². The van der Waals surface area contributed by atoms with E-state index in [0.717, 1.165) is 19.7 Å². The third kappa shape index (κ3) is 9.13. The summed E-state index contributed by atoms with van der Waals surface area (Å²) in [4.78, 5) is 2.23. The first kappa shape index (κ1) is 15.9. The van der Waals surface area contributed by atoms with Gasteiger partial charge in [-0.05, 0) is 59.4 Å². The standard InChI is InChI=1S/C11H24N2O.C2H6/c1-13(2)9-3-4-10-14-11-5-7-12-8-6-11;1-2/h11-12H,3-10H2,1-2H3;1-2H3. The second-order valence-electron chi connectivity index (χ2n) is 4.33. The third-order valence-electron chi connectivity index (χ3n) is 2.64. The van der Waals surface area contributed by atoms with Gasteiger partial charge in [0.2, 0.25) is 0 Å². The number of nitrogens with zero attached hydrogens (tertiary/aromatic N) is 1. The second-order valence-corrected chi connectivity index (χ2v) is 4.33. The largest absolute Gasteiger partial charge is 0.378 e. The molecule has 1 fully saturated rings. The zero-order valence-corrected chi connectivity index (χ0v) is 11.6. The predicted octanol–water partition coefficient (Wildman–Crippen LogP) is 2.12. The average molecular weight is 230 g/mol. The summed E-state index contributed by atoms with van der Waals surface area (Å²) in [5.74, 6) is 0. The molecule has 1 saturated heterocycles. The predicted molar refractivity (Wildman–Crippen MR) is 71.0 cm³/mol. The summed E-state index contributed by atoms with van der Waals surface area (Å²) in [6, 6.07) is 0. The number of rotatable bonds is 6. The molecule has 3 heteroatoms. The van der Waals surface area contributed by atoms with Gasteiger partial charge in [-0.2, -0.15) is 0 Å². The lowest BCUT2D eigenvalue weighted by atomic mass is 10.1. The Labute approximate surface area is 102 Å². The van der Waals surface area contributed by atoms with E-state index in [4.69, 9.17) is 4.74 Å². The molecule has 0 radical (unpaired) electrons. The summed E-state index contributed by atoms with van der Waals surface area (Å²) >= 11 is 0. The molecule has 1 aliphatic rings. The molecule has 0 bridgehead atoms. The lowest BCUT2D eigenvalue weighted by molar-refractivity contribution is 0.0303. The maximum atomic E-state index is 5.81. The summed E-state index contributed by atoms with van der Waals surface area (Å²) in [5, 5.41) is 3.34. The number of hydrogen-bond donors (Lipinski definition) is 1. The van der Waals surface area contributed by atoms with Crippen molar-refractivity contribution >= 4 is 0 Å². The second kappa shape index (κ2) is 11.4. The van der Waals surface area contributed by atoms with Crippen molar-refractivity contribution in [2.24, 2.45) is 0 Å². The number of unbranched alkanes of at least 4 members (excludes halogenated alkanes) is 1. The van der Waals surface area contributed by atoms with Gasteiger partial charge in [-0.15, -0.1) is 0 Å². The van der Waals surface area contributed by atoms with Gasteiger partial charge < -0.3 is 15.0 Å². The minimum absolute atomic E-state index is 0.524. The highest BCUT2D eigenvalue weighted by Crippen LogP contribution is 2.07. The van der Waals surface area contributed by atoms with Crippen molar-refractivity contribution in [3.63, 3.8) is 0 Å². The number of nitrogens with one attached hydrogen (secondary N) is 1. The molecule has 0 saturated carbocycles. The fraction of sp³-hybridized carbons (Fsp3) is 1.00. The fourth-order valence-electron chi connectivity index (χ4n) is 1.74. The molecule has 0 spiro atoms. The maximum absolute atomic E-state index is 5.81. The molecule has 98 valence electrons. The van der Waals surface area contributed by atoms with Crippen LogP contribution < -0.4 is 5.32 Å². The van der Waals surface area contributed by atoms with Gasteiger partial charge in [-0.25, -0.2) is 0 Å². The van der Waals surface area contributed by atoms with Crippen LogP contribution in [0.1, 0.15) is 39.5 Å². The number of piperidine rings is 1. The Morgan fingerprint density at radius 1 is 1.12 bits per heavy atom. The van der Waals surface area contributed by atoms with Crippen molar-refractivity contribution in [3.8, 4) is 0 Å². The highest BCUT2D eigenvalue weighted by molar-refractivity contribution is 4.67. The Bertz CT molecular complexity index is 134. The molecule has 0 atom stereocenters. The Kier molecular flexibility index (Phi) is 11.3. The van der Waals surface area contributed by atoms with Crippen molar-refractivity contribution in [1.82, 2.24) is 10.2 Å². The van der Waals surface area contributed by atoms with Gasteiger partial charge in [0.1, 0.15) is 0 Å². The van der Waals surface area contributed by atoms with Crippen LogP contribution in [-0.4, -0.2) is 51.3 Å². The average Bonchev–Trinajstić information content (AvgIpc) is 2.32. The highest BCUT2D eigenvalue weighted by Gasteiger charge is 2.12. The lowest BCUT2D eigenvalue weighted by Crippen LogP contribution is -2.32. The first-order chi connectivity index (χ1) is 7.79. The van der Waals surface area contributed by atoms with E-state index in [-0.39, 0.29) is 0 Å². The Morgan fingerprint density at radius 3 is 2.31 bits per heavy atom. The first-order valence-corrected chi connectivity index (χ1v) is 6.76. The monoisotopic (exact) mass is 230 g/mol. The quantitative estimate of drug-likeness (QED) is 0.707. The van der Waals surface area contributed by atoms with E-state index in [1.807, 2.05) is 13.8 Å². The summed E-state index contributed by atoms with van der Waals surface area (Å²) < 4.78 is 5.81. The van der Waals surface area contributed by atoms with Crippen LogP contribution in [0.5, 0.6) is 0 Å². The van der Waals surface area contributed by atoms with E-state index < -0.39 is 0 Å². The summed E-state index contributed by atoms with van der Waals surface area (Å²) in [6.07, 6.45) is 5.34. The molecule has 0 aromatic carbocycles. The molecule has 0 aromatic rings. The molecule has 1 heterocycles. The van der Waals surface area contributed by atoms with Crippen molar-refractivity contribution in [2.45, 2.75) is 45.6 Å². The van der Waals surface area contributed by atoms with E-state index in [1.54, 1.807) is 0 Å². The van der Waals surface area contributed by atoms with Crippen LogP contribution in [0.25, 0.3) is 0 Å². The van der Waals surface area contributed by atoms with E-state index in [0.29, 0.717) is 6.10 Å². The molecule has 1 N–H and O–H groups in total. The highest BCUT2D eigenvalue weighted by atomic mass is 16.5. The zero-order valence-electron chi connectivity index (χ0n) is 11.6. The third-order valence-corrected chi connectivity index (χ3v) is 2.64. The summed E-state index contributed by atoms with van der Waals surface area (Å²) in [7, 11) is 4.24. The van der Waals surface area contributed by atoms with Crippen molar-refractivity contribution in [2.75, 3.05) is 40.3 Å². The van der Waals surface area contributed by atoms with Crippen LogP contribution in [0.4, 0.5) is 0 Å². The van der Waals surface area contributed by atoms with Crippen molar-refractivity contribution in [3.05, 3.63) is 0 Å². The topological polar surface area (TPSA) is 24.5 Å². The molecule has 3 nitrogen and oxygen atoms in total. The first-order valence-electron chi connectivity index (χ1n) is 6.76. The molecular formula is C13H30N2O. The minimum Gasteiger partial charge on any atom is -0.378 e. The van der Waals surface area contributed by atoms with Gasteiger partial charge in [0.15, 0.2) is 0 Å². The molecule has 0 unspecified atom stereocenters. The lowest BCUT2D eigenvalue weighted by Gasteiger charge is -2.23. The number of hydrogen-bond acceptors (Lipinski definition) is 3. The molecule has 0 aromatic heterocycles. The van der Waals surface area contributed by atoms with Crippen LogP contribution in [-0.2, 0) is 4.74 Å².